The number of pyridine rings is 1. The van der Waals surface area contributed by atoms with E-state index in [9.17, 15) is 13.2 Å². The van der Waals surface area contributed by atoms with Crippen LogP contribution in [0.4, 0.5) is 5.82 Å². The van der Waals surface area contributed by atoms with Crippen LogP contribution in [-0.4, -0.2) is 55.8 Å². The first-order valence-corrected chi connectivity index (χ1v) is 14.6. The maximum Gasteiger partial charge on any atom is 0.295 e. The van der Waals surface area contributed by atoms with Crippen molar-refractivity contribution in [3.8, 4) is 17.3 Å². The summed E-state index contributed by atoms with van der Waals surface area (Å²) in [6.45, 7) is 1.79. The number of ether oxygens (including phenoxy) is 1. The Morgan fingerprint density at radius 3 is 2.51 bits per heavy atom. The molecule has 0 saturated heterocycles. The molecule has 1 N–H and O–H groups in total. The summed E-state index contributed by atoms with van der Waals surface area (Å²) in [7, 11) is -1.78. The Morgan fingerprint density at radius 1 is 1.05 bits per heavy atom. The number of nitrogens with one attached hydrogen (secondary N) is 1. The summed E-state index contributed by atoms with van der Waals surface area (Å²) in [6, 6.07) is 3.17. The predicted molar refractivity (Wildman–Crippen MR) is 143 cm³/mol. The van der Waals surface area contributed by atoms with Crippen molar-refractivity contribution in [3.05, 3.63) is 52.6 Å². The zero-order chi connectivity index (χ0) is 27.1. The maximum atomic E-state index is 13.6. The van der Waals surface area contributed by atoms with Gasteiger partial charge in [-0.1, -0.05) is 6.92 Å². The summed E-state index contributed by atoms with van der Waals surface area (Å²) in [5, 5.41) is 3.08. The van der Waals surface area contributed by atoms with Crippen molar-refractivity contribution >= 4 is 26.8 Å². The third kappa shape index (κ3) is 4.71. The van der Waals surface area contributed by atoms with Crippen LogP contribution in [0.25, 0.3) is 22.6 Å². The zero-order valence-electron chi connectivity index (χ0n) is 21.7. The van der Waals surface area contributed by atoms with Gasteiger partial charge < -0.3 is 10.1 Å². The van der Waals surface area contributed by atoms with Gasteiger partial charge in [0, 0.05) is 18.2 Å². The minimum absolute atomic E-state index is 0.00372. The lowest BCUT2D eigenvalue weighted by Gasteiger charge is -2.28. The summed E-state index contributed by atoms with van der Waals surface area (Å²) in [6.07, 6.45) is 9.30. The SMILES string of the molecule is CCS(=O)(=O)c1ccc(CNc2nc3cnc(-c4c(OC)ncnc4C4CC4)nc3n(C3CCC3)c2=O)nc1. The van der Waals surface area contributed by atoms with Gasteiger partial charge in [-0.15, -0.1) is 0 Å². The molecule has 12 nitrogen and oxygen atoms in total. The minimum Gasteiger partial charge on any atom is -0.480 e. The van der Waals surface area contributed by atoms with E-state index in [1.807, 2.05) is 0 Å². The monoisotopic (exact) mass is 548 g/mol. The lowest BCUT2D eigenvalue weighted by molar-refractivity contribution is 0.313. The Morgan fingerprint density at radius 2 is 1.87 bits per heavy atom. The molecule has 0 radical (unpaired) electrons. The van der Waals surface area contributed by atoms with Crippen molar-refractivity contribution in [3.63, 3.8) is 0 Å². The Kier molecular flexibility index (Phi) is 6.45. The topological polar surface area (TPSA) is 155 Å². The van der Waals surface area contributed by atoms with E-state index in [-0.39, 0.29) is 34.6 Å². The van der Waals surface area contributed by atoms with Gasteiger partial charge in [0.1, 0.15) is 17.4 Å². The molecule has 0 bridgehead atoms. The molecule has 2 aliphatic carbocycles. The van der Waals surface area contributed by atoms with E-state index >= 15 is 0 Å². The molecule has 0 unspecified atom stereocenters. The summed E-state index contributed by atoms with van der Waals surface area (Å²) in [4.78, 5) is 40.8. The van der Waals surface area contributed by atoms with Crippen LogP contribution in [0.3, 0.4) is 0 Å². The number of methoxy groups -OCH3 is 1. The molecule has 2 aliphatic rings. The molecular formula is C26H28N8O4S. The van der Waals surface area contributed by atoms with E-state index in [1.54, 1.807) is 30.9 Å². The number of aromatic nitrogens is 7. The van der Waals surface area contributed by atoms with Gasteiger partial charge in [-0.3, -0.25) is 14.3 Å². The first-order chi connectivity index (χ1) is 18.9. The third-order valence-electron chi connectivity index (χ3n) is 7.27. The Labute approximate surface area is 224 Å². The van der Waals surface area contributed by atoms with Crippen LogP contribution in [0.1, 0.15) is 62.4 Å². The van der Waals surface area contributed by atoms with Gasteiger partial charge >= 0.3 is 0 Å². The number of hydrogen-bond donors (Lipinski definition) is 1. The fraction of sp³-hybridized carbons (Fsp3) is 0.423. The van der Waals surface area contributed by atoms with Crippen LogP contribution in [0.15, 0.2) is 40.5 Å². The number of anilines is 1. The highest BCUT2D eigenvalue weighted by Crippen LogP contribution is 2.45. The molecular weight excluding hydrogens is 520 g/mol. The summed E-state index contributed by atoms with van der Waals surface area (Å²) in [5.74, 6) is 1.30. The van der Waals surface area contributed by atoms with E-state index in [1.165, 1.54) is 18.6 Å². The number of fused-ring (bicyclic) bond motifs is 1. The molecule has 4 heterocycles. The largest absolute Gasteiger partial charge is 0.480 e. The fourth-order valence-electron chi connectivity index (χ4n) is 4.67. The minimum atomic E-state index is -3.34. The van der Waals surface area contributed by atoms with Gasteiger partial charge in [0.25, 0.3) is 5.56 Å². The van der Waals surface area contributed by atoms with Crippen LogP contribution in [0.2, 0.25) is 0 Å². The highest BCUT2D eigenvalue weighted by molar-refractivity contribution is 7.91. The maximum absolute atomic E-state index is 13.6. The van der Waals surface area contributed by atoms with Crippen LogP contribution >= 0.6 is 0 Å². The molecule has 0 aliphatic heterocycles. The van der Waals surface area contributed by atoms with Gasteiger partial charge in [0.2, 0.25) is 5.88 Å². The first-order valence-electron chi connectivity index (χ1n) is 13.0. The first kappa shape index (κ1) is 25.3. The van der Waals surface area contributed by atoms with Crippen molar-refractivity contribution in [1.29, 1.82) is 0 Å². The molecule has 2 fully saturated rings. The number of sulfone groups is 1. The van der Waals surface area contributed by atoms with Crippen molar-refractivity contribution in [1.82, 2.24) is 34.5 Å². The molecule has 0 aromatic carbocycles. The predicted octanol–water partition coefficient (Wildman–Crippen LogP) is 3.06. The van der Waals surface area contributed by atoms with Crippen molar-refractivity contribution in [2.24, 2.45) is 0 Å². The van der Waals surface area contributed by atoms with Gasteiger partial charge in [-0.05, 0) is 44.2 Å². The second-order valence-corrected chi connectivity index (χ2v) is 12.1. The fourth-order valence-corrected chi connectivity index (χ4v) is 5.50. The van der Waals surface area contributed by atoms with Crippen molar-refractivity contribution in [2.75, 3.05) is 18.2 Å². The molecule has 4 aromatic rings. The molecule has 39 heavy (non-hydrogen) atoms. The number of hydrogen-bond acceptors (Lipinski definition) is 11. The molecule has 0 atom stereocenters. The Bertz CT molecular complexity index is 1710. The highest BCUT2D eigenvalue weighted by Gasteiger charge is 2.32. The average molecular weight is 549 g/mol. The standard InChI is InChI=1S/C26H28N8O4S/c1-3-39(36,37)18-10-9-16(27-12-18)11-28-23-26(35)34(17-5-4-6-17)24-19(32-23)13-29-22(33-24)20-21(15-7-8-15)30-14-31-25(20)38-2/h9-10,12-15,17H,3-8,11H2,1-2H3,(H,28,32). The van der Waals surface area contributed by atoms with Crippen LogP contribution in [0.5, 0.6) is 5.88 Å². The Balaban J connectivity index is 1.38. The normalized spacial score (nSPS) is 15.7. The van der Waals surface area contributed by atoms with Crippen molar-refractivity contribution < 1.29 is 13.2 Å². The Hall–Kier alpha value is -4.00. The van der Waals surface area contributed by atoms with Gasteiger partial charge in [0.05, 0.1) is 41.9 Å². The third-order valence-corrected chi connectivity index (χ3v) is 8.99. The molecule has 2 saturated carbocycles. The second-order valence-electron chi connectivity index (χ2n) is 9.78. The van der Waals surface area contributed by atoms with Crippen LogP contribution in [0, 0.1) is 0 Å². The van der Waals surface area contributed by atoms with Crippen LogP contribution < -0.4 is 15.6 Å². The van der Waals surface area contributed by atoms with E-state index in [0.717, 1.165) is 37.8 Å². The lowest BCUT2D eigenvalue weighted by Crippen LogP contribution is -2.32. The van der Waals surface area contributed by atoms with E-state index in [4.69, 9.17) is 9.72 Å². The van der Waals surface area contributed by atoms with Crippen molar-refractivity contribution in [2.45, 2.75) is 62.4 Å². The summed E-state index contributed by atoms with van der Waals surface area (Å²) >= 11 is 0. The van der Waals surface area contributed by atoms with Gasteiger partial charge in [0.15, 0.2) is 27.1 Å². The van der Waals surface area contributed by atoms with Gasteiger partial charge in [-0.2, -0.15) is 0 Å². The van der Waals surface area contributed by atoms with E-state index < -0.39 is 9.84 Å². The summed E-state index contributed by atoms with van der Waals surface area (Å²) in [5.41, 5.74) is 2.75. The van der Waals surface area contributed by atoms with Crippen LogP contribution in [-0.2, 0) is 16.4 Å². The zero-order valence-corrected chi connectivity index (χ0v) is 22.5. The molecule has 13 heteroatoms. The van der Waals surface area contributed by atoms with Gasteiger partial charge in [-0.25, -0.2) is 33.3 Å². The number of rotatable bonds is 9. The smallest absolute Gasteiger partial charge is 0.295 e. The molecule has 4 aromatic heterocycles. The summed E-state index contributed by atoms with van der Waals surface area (Å²) < 4.78 is 31.4. The molecule has 202 valence electrons. The van der Waals surface area contributed by atoms with E-state index in [2.05, 4.69) is 30.2 Å². The highest BCUT2D eigenvalue weighted by atomic mass is 32.2. The molecule has 0 spiro atoms. The quantitative estimate of drug-likeness (QED) is 0.328. The van der Waals surface area contributed by atoms with E-state index in [0.29, 0.717) is 40.0 Å². The lowest BCUT2D eigenvalue weighted by atomic mass is 9.93. The number of nitrogens with zero attached hydrogens (tertiary/aromatic N) is 7. The average Bonchev–Trinajstić information content (AvgIpc) is 3.78. The second kappa shape index (κ2) is 9.95. The molecule has 6 rings (SSSR count). The molecule has 0 amide bonds.